The zero-order valence-electron chi connectivity index (χ0n) is 9.77. The zero-order chi connectivity index (χ0) is 17.5. The van der Waals surface area contributed by atoms with Crippen molar-refractivity contribution in [3.05, 3.63) is 21.9 Å². The van der Waals surface area contributed by atoms with Crippen LogP contribution in [0.2, 0.25) is 0 Å². The van der Waals surface area contributed by atoms with Crippen LogP contribution in [-0.2, 0) is 16.2 Å². The molecule has 0 unspecified atom stereocenters. The number of aromatic nitrogens is 1. The van der Waals surface area contributed by atoms with Gasteiger partial charge in [0.15, 0.2) is 5.56 Å². The molecule has 0 aromatic carbocycles. The van der Waals surface area contributed by atoms with Gasteiger partial charge < -0.3 is 4.74 Å². The molecular weight excluding hydrogens is 352 g/mol. The average Bonchev–Trinajstić information content (AvgIpc) is 2.22. The fraction of sp³-hybridized carbons (Fsp3) is 0.286. The lowest BCUT2D eigenvalue weighted by atomic mass is 10.2. The highest BCUT2D eigenvalue weighted by Crippen LogP contribution is 2.44. The highest BCUT2D eigenvalue weighted by molar-refractivity contribution is 7.89. The van der Waals surface area contributed by atoms with Crippen molar-refractivity contribution in [3.63, 3.8) is 0 Å². The number of nitrogens with zero attached hydrogens (tertiary/aromatic N) is 2. The molecule has 2 N–H and O–H groups in total. The summed E-state index contributed by atoms with van der Waals surface area (Å²) in [5.41, 5.74) is -4.84. The predicted molar refractivity (Wildman–Crippen MR) is 53.9 cm³/mol. The molecule has 8 nitrogen and oxygen atoms in total. The van der Waals surface area contributed by atoms with Crippen molar-refractivity contribution in [1.82, 2.24) is 4.98 Å². The fourth-order valence-corrected chi connectivity index (χ4v) is 2.01. The van der Waals surface area contributed by atoms with E-state index in [1.54, 1.807) is 0 Å². The number of halogens is 6. The molecule has 1 aromatic rings. The minimum absolute atomic E-state index is 0.216. The molecule has 0 saturated heterocycles. The first kappa shape index (κ1) is 17.9. The zero-order valence-corrected chi connectivity index (χ0v) is 10.6. The van der Waals surface area contributed by atoms with Gasteiger partial charge in [0.05, 0.1) is 11.1 Å². The van der Waals surface area contributed by atoms with Gasteiger partial charge in [-0.2, -0.15) is 13.2 Å². The monoisotopic (exact) mass is 355 g/mol. The average molecular weight is 355 g/mol. The highest BCUT2D eigenvalue weighted by Gasteiger charge is 2.48. The minimum Gasteiger partial charge on any atom is -0.381 e. The quantitative estimate of drug-likeness (QED) is 0.498. The predicted octanol–water partition coefficient (Wildman–Crippen LogP) is 1.55. The summed E-state index contributed by atoms with van der Waals surface area (Å²) in [5, 5.41) is 15.1. The van der Waals surface area contributed by atoms with Crippen LogP contribution in [0.5, 0.6) is 5.88 Å². The molecule has 124 valence electrons. The molecule has 0 aliphatic carbocycles. The van der Waals surface area contributed by atoms with Gasteiger partial charge in [0, 0.05) is 0 Å². The van der Waals surface area contributed by atoms with Gasteiger partial charge in [0.25, 0.3) is 0 Å². The Kier molecular flexibility index (Phi) is 4.26. The highest BCUT2D eigenvalue weighted by atomic mass is 32.2. The van der Waals surface area contributed by atoms with E-state index >= 15 is 0 Å². The van der Waals surface area contributed by atoms with Gasteiger partial charge in [-0.1, -0.05) is 0 Å². The number of primary sulfonamides is 1. The molecule has 1 rings (SSSR count). The fourth-order valence-electron chi connectivity index (χ4n) is 1.31. The molecule has 0 spiro atoms. The van der Waals surface area contributed by atoms with Gasteiger partial charge in [-0.05, 0) is 0 Å². The van der Waals surface area contributed by atoms with E-state index in [2.05, 4.69) is 14.9 Å². The van der Waals surface area contributed by atoms with Crippen molar-refractivity contribution in [1.29, 1.82) is 0 Å². The lowest BCUT2D eigenvalue weighted by Crippen LogP contribution is -2.24. The number of alkyl halides is 6. The third-order valence-electron chi connectivity index (χ3n) is 1.97. The maximum absolute atomic E-state index is 12.8. The lowest BCUT2D eigenvalue weighted by molar-refractivity contribution is -0.392. The van der Waals surface area contributed by atoms with Gasteiger partial charge >= 0.3 is 24.1 Å². The summed E-state index contributed by atoms with van der Waals surface area (Å²) in [5.74, 6) is -2.07. The van der Waals surface area contributed by atoms with Crippen LogP contribution in [0.3, 0.4) is 0 Å². The van der Waals surface area contributed by atoms with Crippen molar-refractivity contribution < 1.29 is 44.4 Å². The van der Waals surface area contributed by atoms with Crippen molar-refractivity contribution in [3.8, 4) is 5.88 Å². The second-order valence-electron chi connectivity index (χ2n) is 3.50. The molecule has 1 heterocycles. The van der Waals surface area contributed by atoms with E-state index in [0.29, 0.717) is 0 Å². The van der Waals surface area contributed by atoms with Crippen LogP contribution >= 0.6 is 0 Å². The van der Waals surface area contributed by atoms with Gasteiger partial charge in [0.1, 0.15) is 4.90 Å². The largest absolute Gasteiger partial charge is 0.574 e. The maximum Gasteiger partial charge on any atom is 0.574 e. The Bertz CT molecular complexity index is 713. The van der Waals surface area contributed by atoms with Crippen molar-refractivity contribution >= 4 is 15.7 Å². The standard InChI is InChI=1S/C7H3F6N3O5S/c8-6(9,10)3-2(22(14,19)20)1-15-5(4(3)16(17)18)21-7(11,12)13/h1H,(H2,14,19,20). The lowest BCUT2D eigenvalue weighted by Gasteiger charge is -2.14. The molecule has 0 amide bonds. The Morgan fingerprint density at radius 2 is 1.73 bits per heavy atom. The van der Waals surface area contributed by atoms with Crippen molar-refractivity contribution in [2.24, 2.45) is 5.14 Å². The number of hydrogen-bond acceptors (Lipinski definition) is 6. The minimum atomic E-state index is -5.71. The number of pyridine rings is 1. The van der Waals surface area contributed by atoms with Crippen LogP contribution in [0.15, 0.2) is 11.1 Å². The second kappa shape index (κ2) is 5.24. The van der Waals surface area contributed by atoms with Gasteiger partial charge in [0.2, 0.25) is 10.0 Å². The summed E-state index contributed by atoms with van der Waals surface area (Å²) in [4.78, 5) is 9.45. The molecule has 0 aliphatic heterocycles. The summed E-state index contributed by atoms with van der Waals surface area (Å²) in [6.45, 7) is 0. The number of rotatable bonds is 3. The van der Waals surface area contributed by atoms with E-state index in [1.807, 2.05) is 0 Å². The molecule has 22 heavy (non-hydrogen) atoms. The topological polar surface area (TPSA) is 125 Å². The second-order valence-corrected chi connectivity index (χ2v) is 5.03. The Morgan fingerprint density at radius 1 is 1.23 bits per heavy atom. The van der Waals surface area contributed by atoms with Gasteiger partial charge in [-0.3, -0.25) is 10.1 Å². The van der Waals surface area contributed by atoms with Crippen LogP contribution in [-0.4, -0.2) is 24.7 Å². The normalized spacial score (nSPS) is 13.0. The van der Waals surface area contributed by atoms with Gasteiger partial charge in [-0.15, -0.1) is 13.2 Å². The smallest absolute Gasteiger partial charge is 0.381 e. The summed E-state index contributed by atoms with van der Waals surface area (Å²) in [7, 11) is -5.16. The molecule has 0 saturated carbocycles. The molecule has 0 bridgehead atoms. The number of hydrogen-bond donors (Lipinski definition) is 1. The van der Waals surface area contributed by atoms with E-state index < -0.39 is 49.5 Å². The van der Waals surface area contributed by atoms with Crippen LogP contribution in [0.25, 0.3) is 0 Å². The van der Waals surface area contributed by atoms with Gasteiger partial charge in [-0.25, -0.2) is 18.5 Å². The van der Waals surface area contributed by atoms with Crippen LogP contribution < -0.4 is 9.88 Å². The third-order valence-corrected chi connectivity index (χ3v) is 2.89. The van der Waals surface area contributed by atoms with E-state index in [9.17, 15) is 44.9 Å². The molecular formula is C7H3F6N3O5S. The number of sulfonamides is 1. The first-order chi connectivity index (χ1) is 9.64. The van der Waals surface area contributed by atoms with E-state index in [-0.39, 0.29) is 6.20 Å². The van der Waals surface area contributed by atoms with Crippen LogP contribution in [0.1, 0.15) is 5.56 Å². The summed E-state index contributed by atoms with van der Waals surface area (Å²) < 4.78 is 99.6. The first-order valence-corrected chi connectivity index (χ1v) is 6.22. The number of nitro groups is 1. The Hall–Kier alpha value is -2.16. The number of ether oxygens (including phenoxy) is 1. The number of nitrogens with two attached hydrogens (primary N) is 1. The third kappa shape index (κ3) is 3.94. The van der Waals surface area contributed by atoms with Crippen molar-refractivity contribution in [2.45, 2.75) is 17.4 Å². The summed E-state index contributed by atoms with van der Waals surface area (Å²) in [6.07, 6.45) is -11.5. The molecule has 0 aliphatic rings. The van der Waals surface area contributed by atoms with Crippen LogP contribution in [0.4, 0.5) is 32.0 Å². The molecule has 15 heteroatoms. The summed E-state index contributed by atoms with van der Waals surface area (Å²) >= 11 is 0. The Labute approximate surface area is 116 Å². The first-order valence-electron chi connectivity index (χ1n) is 4.67. The Morgan fingerprint density at radius 3 is 2.05 bits per heavy atom. The molecule has 0 atom stereocenters. The van der Waals surface area contributed by atoms with E-state index in [1.165, 1.54) is 0 Å². The van der Waals surface area contributed by atoms with Crippen LogP contribution in [0, 0.1) is 10.1 Å². The molecule has 0 fully saturated rings. The van der Waals surface area contributed by atoms with E-state index in [0.717, 1.165) is 0 Å². The molecule has 1 aromatic heterocycles. The molecule has 0 radical (unpaired) electrons. The van der Waals surface area contributed by atoms with Crippen molar-refractivity contribution in [2.75, 3.05) is 0 Å². The Balaban J connectivity index is 3.86. The van der Waals surface area contributed by atoms with E-state index in [4.69, 9.17) is 0 Å². The summed E-state index contributed by atoms with van der Waals surface area (Å²) in [6, 6.07) is 0. The maximum atomic E-state index is 12.8. The SMILES string of the molecule is NS(=O)(=O)c1cnc(OC(F)(F)F)c([N+](=O)[O-])c1C(F)(F)F.